The highest BCUT2D eigenvalue weighted by Gasteiger charge is 1.72. The molecule has 0 amide bonds. The minimum absolute atomic E-state index is 0.943. The monoisotopic (exact) mass is 114 g/mol. The molecule has 0 saturated carbocycles. The fraction of sp³-hybridized carbons (Fsp3) is 0.667. The molecule has 0 aromatic rings. The lowest BCUT2D eigenvalue weighted by atomic mass is 10.6. The molecule has 0 saturated heterocycles. The average molecular weight is 114 g/mol. The van der Waals surface area contributed by atoms with Crippen molar-refractivity contribution >= 4 is 0 Å². The summed E-state index contributed by atoms with van der Waals surface area (Å²) in [5.74, 6) is 0. The Hall–Kier alpha value is -0.500. The van der Waals surface area contributed by atoms with Gasteiger partial charge in [-0.25, -0.2) is 0 Å². The van der Waals surface area contributed by atoms with E-state index in [2.05, 4.69) is 11.4 Å². The summed E-state index contributed by atoms with van der Waals surface area (Å²) in [4.78, 5) is 2.01. The van der Waals surface area contributed by atoms with Crippen molar-refractivity contribution in [3.63, 3.8) is 0 Å². The Morgan fingerprint density at radius 1 is 1.50 bits per heavy atom. The van der Waals surface area contributed by atoms with Crippen molar-refractivity contribution in [1.82, 2.24) is 10.2 Å². The zero-order chi connectivity index (χ0) is 6.41. The summed E-state index contributed by atoms with van der Waals surface area (Å²) in [5.41, 5.74) is 0. The molecule has 2 heteroatoms. The topological polar surface area (TPSA) is 15.3 Å². The van der Waals surface area contributed by atoms with E-state index < -0.39 is 0 Å². The van der Waals surface area contributed by atoms with Crippen LogP contribution in [0.3, 0.4) is 0 Å². The van der Waals surface area contributed by atoms with Crippen LogP contribution in [0, 0.1) is 0 Å². The molecule has 0 spiro atoms. The lowest BCUT2D eigenvalue weighted by molar-refractivity contribution is 0.561. The average Bonchev–Trinajstić information content (AvgIpc) is 1.66. The van der Waals surface area contributed by atoms with Crippen LogP contribution in [0.1, 0.15) is 0 Å². The van der Waals surface area contributed by atoms with E-state index in [9.17, 15) is 0 Å². The molecule has 0 aliphatic rings. The molecule has 0 aromatic heterocycles. The van der Waals surface area contributed by atoms with Gasteiger partial charge in [-0.05, 0) is 13.2 Å². The summed E-state index contributed by atoms with van der Waals surface area (Å²) in [7, 11) is 5.94. The second-order valence-electron chi connectivity index (χ2n) is 1.91. The van der Waals surface area contributed by atoms with E-state index in [1.54, 1.807) is 0 Å². The van der Waals surface area contributed by atoms with Crippen molar-refractivity contribution in [2.75, 3.05) is 27.7 Å². The maximum atomic E-state index is 3.01. The summed E-state index contributed by atoms with van der Waals surface area (Å²) in [6.45, 7) is 0.943. The highest BCUT2D eigenvalue weighted by atomic mass is 15.0. The molecular formula is C6H14N2. The van der Waals surface area contributed by atoms with Gasteiger partial charge in [-0.3, -0.25) is 0 Å². The van der Waals surface area contributed by atoms with Gasteiger partial charge in [0.05, 0.1) is 0 Å². The zero-order valence-corrected chi connectivity index (χ0v) is 5.81. The molecule has 0 atom stereocenters. The van der Waals surface area contributed by atoms with Gasteiger partial charge in [0.25, 0.3) is 0 Å². The Kier molecular flexibility index (Phi) is 4.36. The number of nitrogens with one attached hydrogen (secondary N) is 1. The number of hydrogen-bond acceptors (Lipinski definition) is 2. The Bertz CT molecular complexity index is 66.9. The van der Waals surface area contributed by atoms with Gasteiger partial charge in [0, 0.05) is 20.6 Å². The summed E-state index contributed by atoms with van der Waals surface area (Å²) in [6.07, 6.45) is 4.09. The first kappa shape index (κ1) is 7.50. The van der Waals surface area contributed by atoms with Crippen LogP contribution in [0.4, 0.5) is 0 Å². The fourth-order valence-electron chi connectivity index (χ4n) is 0.381. The maximum Gasteiger partial charge on any atom is 0.0149 e. The van der Waals surface area contributed by atoms with E-state index in [0.29, 0.717) is 0 Å². The van der Waals surface area contributed by atoms with Crippen molar-refractivity contribution in [1.29, 1.82) is 0 Å². The van der Waals surface area contributed by atoms with Crippen molar-refractivity contribution < 1.29 is 0 Å². The molecule has 0 aliphatic heterocycles. The van der Waals surface area contributed by atoms with Crippen molar-refractivity contribution in [2.24, 2.45) is 0 Å². The third kappa shape index (κ3) is 5.50. The standard InChI is InChI=1S/C6H14N2/c1-7-5-4-6-8(2)3/h4,6-7H,5H2,1-3H3/b6-4-. The molecule has 8 heavy (non-hydrogen) atoms. The van der Waals surface area contributed by atoms with Crippen molar-refractivity contribution in [3.8, 4) is 0 Å². The SMILES string of the molecule is CNC/C=C\N(C)C. The molecule has 0 radical (unpaired) electrons. The Labute approximate surface area is 51.2 Å². The number of rotatable bonds is 3. The van der Waals surface area contributed by atoms with Gasteiger partial charge in [-0.15, -0.1) is 0 Å². The normalized spacial score (nSPS) is 10.4. The van der Waals surface area contributed by atoms with Crippen LogP contribution in [0.25, 0.3) is 0 Å². The van der Waals surface area contributed by atoms with Crippen LogP contribution in [0.2, 0.25) is 0 Å². The predicted molar refractivity (Wildman–Crippen MR) is 36.8 cm³/mol. The third-order valence-corrected chi connectivity index (χ3v) is 0.726. The second-order valence-corrected chi connectivity index (χ2v) is 1.91. The van der Waals surface area contributed by atoms with Crippen LogP contribution in [0.5, 0.6) is 0 Å². The van der Waals surface area contributed by atoms with E-state index in [-0.39, 0.29) is 0 Å². The third-order valence-electron chi connectivity index (χ3n) is 0.726. The number of likely N-dealkylation sites (N-methyl/N-ethyl adjacent to an activating group) is 1. The van der Waals surface area contributed by atoms with Gasteiger partial charge in [0.1, 0.15) is 0 Å². The Balaban J connectivity index is 3.07. The fourth-order valence-corrected chi connectivity index (χ4v) is 0.381. The quantitative estimate of drug-likeness (QED) is 0.567. The first-order valence-electron chi connectivity index (χ1n) is 2.75. The summed E-state index contributed by atoms with van der Waals surface area (Å²) < 4.78 is 0. The van der Waals surface area contributed by atoms with Crippen molar-refractivity contribution in [2.45, 2.75) is 0 Å². The molecule has 0 fully saturated rings. The van der Waals surface area contributed by atoms with Gasteiger partial charge < -0.3 is 10.2 Å². The van der Waals surface area contributed by atoms with E-state index in [1.807, 2.05) is 32.2 Å². The van der Waals surface area contributed by atoms with Crippen LogP contribution in [0.15, 0.2) is 12.3 Å². The molecule has 0 bridgehead atoms. The first-order valence-corrected chi connectivity index (χ1v) is 2.75. The van der Waals surface area contributed by atoms with Crippen LogP contribution in [-0.2, 0) is 0 Å². The first-order chi connectivity index (χ1) is 3.77. The predicted octanol–water partition coefficient (Wildman–Crippen LogP) is 0.281. The smallest absolute Gasteiger partial charge is 0.0149 e. The minimum atomic E-state index is 0.943. The van der Waals surface area contributed by atoms with E-state index in [4.69, 9.17) is 0 Å². The lowest BCUT2D eigenvalue weighted by Crippen LogP contribution is -2.07. The molecule has 1 N–H and O–H groups in total. The molecule has 0 unspecified atom stereocenters. The van der Waals surface area contributed by atoms with Crippen LogP contribution < -0.4 is 5.32 Å². The van der Waals surface area contributed by atoms with Gasteiger partial charge in [-0.2, -0.15) is 0 Å². The number of hydrogen-bond donors (Lipinski definition) is 1. The van der Waals surface area contributed by atoms with Crippen LogP contribution in [-0.4, -0.2) is 32.6 Å². The van der Waals surface area contributed by atoms with Crippen molar-refractivity contribution in [3.05, 3.63) is 12.3 Å². The van der Waals surface area contributed by atoms with Gasteiger partial charge in [0.15, 0.2) is 0 Å². The Morgan fingerprint density at radius 3 is 2.50 bits per heavy atom. The van der Waals surface area contributed by atoms with Gasteiger partial charge in [-0.1, -0.05) is 6.08 Å². The molecule has 0 aromatic carbocycles. The molecule has 2 nitrogen and oxygen atoms in total. The molecule has 0 heterocycles. The lowest BCUT2D eigenvalue weighted by Gasteiger charge is -2.01. The molecule has 0 aliphatic carbocycles. The second kappa shape index (κ2) is 4.65. The summed E-state index contributed by atoms with van der Waals surface area (Å²) >= 11 is 0. The summed E-state index contributed by atoms with van der Waals surface area (Å²) in [6, 6.07) is 0. The molecule has 0 rings (SSSR count). The maximum absolute atomic E-state index is 3.01. The Morgan fingerprint density at radius 2 is 2.12 bits per heavy atom. The van der Waals surface area contributed by atoms with E-state index in [1.165, 1.54) is 0 Å². The summed E-state index contributed by atoms with van der Waals surface area (Å²) in [5, 5.41) is 3.01. The number of nitrogens with zero attached hydrogens (tertiary/aromatic N) is 1. The minimum Gasteiger partial charge on any atom is -0.384 e. The molecule has 48 valence electrons. The molecular weight excluding hydrogens is 100 g/mol. The van der Waals surface area contributed by atoms with E-state index in [0.717, 1.165) is 6.54 Å². The van der Waals surface area contributed by atoms with Gasteiger partial charge >= 0.3 is 0 Å². The van der Waals surface area contributed by atoms with E-state index >= 15 is 0 Å². The highest BCUT2D eigenvalue weighted by Crippen LogP contribution is 1.73. The largest absolute Gasteiger partial charge is 0.384 e. The van der Waals surface area contributed by atoms with Crippen LogP contribution >= 0.6 is 0 Å². The highest BCUT2D eigenvalue weighted by molar-refractivity contribution is 4.80. The van der Waals surface area contributed by atoms with Gasteiger partial charge in [0.2, 0.25) is 0 Å². The zero-order valence-electron chi connectivity index (χ0n) is 5.81.